The molecule has 3 rings (SSSR count). The molecule has 1 heterocycles. The number of nitrogens with zero attached hydrogens (tertiary/aromatic N) is 1. The molecule has 1 N–H and O–H groups in total. The zero-order valence-corrected chi connectivity index (χ0v) is 12.7. The number of hydrogen-bond acceptors (Lipinski definition) is 2. The fraction of sp³-hybridized carbons (Fsp3) is 0.167. The van der Waals surface area contributed by atoms with E-state index in [2.05, 4.69) is 40.6 Å². The summed E-state index contributed by atoms with van der Waals surface area (Å²) < 4.78 is 0. The van der Waals surface area contributed by atoms with E-state index in [1.165, 1.54) is 22.1 Å². The van der Waals surface area contributed by atoms with Gasteiger partial charge >= 0.3 is 0 Å². The Morgan fingerprint density at radius 2 is 1.86 bits per heavy atom. The molecule has 2 nitrogen and oxygen atoms in total. The second kappa shape index (κ2) is 6.25. The number of rotatable bonds is 4. The van der Waals surface area contributed by atoms with Gasteiger partial charge in [-0.1, -0.05) is 35.9 Å². The standard InChI is InChI=1S/C18H17ClN2/c1-20-12-15-11-16(19)7-6-13(15)10-14-8-9-21-18-5-3-2-4-17(14)18/h2-9,11,20H,10,12H2,1H3. The Balaban J connectivity index is 2.02. The van der Waals surface area contributed by atoms with Crippen molar-refractivity contribution in [2.75, 3.05) is 7.05 Å². The number of benzene rings is 2. The first kappa shape index (κ1) is 14.1. The van der Waals surface area contributed by atoms with E-state index in [0.29, 0.717) is 0 Å². The molecular formula is C18H17ClN2. The van der Waals surface area contributed by atoms with E-state index < -0.39 is 0 Å². The highest BCUT2D eigenvalue weighted by Gasteiger charge is 2.07. The number of fused-ring (bicyclic) bond motifs is 1. The predicted molar refractivity (Wildman–Crippen MR) is 88.8 cm³/mol. The predicted octanol–water partition coefficient (Wildman–Crippen LogP) is 4.20. The van der Waals surface area contributed by atoms with Crippen LogP contribution in [0.5, 0.6) is 0 Å². The number of hydrogen-bond donors (Lipinski definition) is 1. The lowest BCUT2D eigenvalue weighted by molar-refractivity contribution is 0.808. The van der Waals surface area contributed by atoms with Gasteiger partial charge in [-0.15, -0.1) is 0 Å². The lowest BCUT2D eigenvalue weighted by Crippen LogP contribution is -2.08. The SMILES string of the molecule is CNCc1cc(Cl)ccc1Cc1ccnc2ccccc12. The van der Waals surface area contributed by atoms with Gasteiger partial charge in [0.1, 0.15) is 0 Å². The van der Waals surface area contributed by atoms with E-state index in [1.807, 2.05) is 31.4 Å². The summed E-state index contributed by atoms with van der Waals surface area (Å²) >= 11 is 6.11. The summed E-state index contributed by atoms with van der Waals surface area (Å²) in [7, 11) is 1.95. The maximum Gasteiger partial charge on any atom is 0.0704 e. The van der Waals surface area contributed by atoms with Crippen LogP contribution in [-0.4, -0.2) is 12.0 Å². The zero-order chi connectivity index (χ0) is 14.7. The summed E-state index contributed by atoms with van der Waals surface area (Å²) in [5.41, 5.74) is 4.87. The number of para-hydroxylation sites is 1. The largest absolute Gasteiger partial charge is 0.316 e. The normalized spacial score (nSPS) is 11.0. The van der Waals surface area contributed by atoms with Crippen LogP contribution in [0.1, 0.15) is 16.7 Å². The van der Waals surface area contributed by atoms with E-state index in [1.54, 1.807) is 0 Å². The highest BCUT2D eigenvalue weighted by molar-refractivity contribution is 6.30. The smallest absolute Gasteiger partial charge is 0.0704 e. The van der Waals surface area contributed by atoms with Crippen molar-refractivity contribution in [2.45, 2.75) is 13.0 Å². The lowest BCUT2D eigenvalue weighted by atomic mass is 9.97. The van der Waals surface area contributed by atoms with Crippen LogP contribution in [0, 0.1) is 0 Å². The molecule has 2 aromatic carbocycles. The molecule has 0 saturated carbocycles. The van der Waals surface area contributed by atoms with Crippen LogP contribution in [0.25, 0.3) is 10.9 Å². The Labute approximate surface area is 129 Å². The van der Waals surface area contributed by atoms with Crippen LogP contribution >= 0.6 is 11.6 Å². The molecule has 0 aliphatic heterocycles. The molecule has 3 heteroatoms. The van der Waals surface area contributed by atoms with E-state index in [9.17, 15) is 0 Å². The maximum absolute atomic E-state index is 6.11. The summed E-state index contributed by atoms with van der Waals surface area (Å²) in [5, 5.41) is 5.20. The van der Waals surface area contributed by atoms with Gasteiger partial charge in [0.15, 0.2) is 0 Å². The second-order valence-electron chi connectivity index (χ2n) is 5.11. The molecule has 0 bridgehead atoms. The van der Waals surface area contributed by atoms with Crippen molar-refractivity contribution in [3.8, 4) is 0 Å². The molecule has 0 atom stereocenters. The van der Waals surface area contributed by atoms with Crippen LogP contribution in [0.15, 0.2) is 54.7 Å². The number of nitrogens with one attached hydrogen (secondary N) is 1. The van der Waals surface area contributed by atoms with E-state index in [4.69, 9.17) is 11.6 Å². The van der Waals surface area contributed by atoms with Crippen LogP contribution in [0.4, 0.5) is 0 Å². The monoisotopic (exact) mass is 296 g/mol. The molecule has 0 saturated heterocycles. The Hall–Kier alpha value is -1.90. The van der Waals surface area contributed by atoms with Crippen molar-refractivity contribution in [3.05, 3.63) is 76.4 Å². The molecule has 0 aliphatic rings. The van der Waals surface area contributed by atoms with Crippen LogP contribution in [-0.2, 0) is 13.0 Å². The van der Waals surface area contributed by atoms with Gasteiger partial charge in [-0.25, -0.2) is 0 Å². The lowest BCUT2D eigenvalue weighted by Gasteiger charge is -2.11. The summed E-state index contributed by atoms with van der Waals surface area (Å²) in [6.07, 6.45) is 2.77. The molecular weight excluding hydrogens is 280 g/mol. The first-order valence-electron chi connectivity index (χ1n) is 7.02. The third-order valence-corrected chi connectivity index (χ3v) is 3.89. The van der Waals surface area contributed by atoms with E-state index in [0.717, 1.165) is 23.5 Å². The average molecular weight is 297 g/mol. The molecule has 3 aromatic rings. The first-order chi connectivity index (χ1) is 10.3. The molecule has 0 fully saturated rings. The van der Waals surface area contributed by atoms with E-state index in [-0.39, 0.29) is 0 Å². The third-order valence-electron chi connectivity index (χ3n) is 3.66. The highest BCUT2D eigenvalue weighted by Crippen LogP contribution is 2.23. The molecule has 106 valence electrons. The zero-order valence-electron chi connectivity index (χ0n) is 11.9. The third kappa shape index (κ3) is 3.07. The van der Waals surface area contributed by atoms with Crippen molar-refractivity contribution < 1.29 is 0 Å². The fourth-order valence-electron chi connectivity index (χ4n) is 2.64. The first-order valence-corrected chi connectivity index (χ1v) is 7.40. The summed E-state index contributed by atoms with van der Waals surface area (Å²) in [6, 6.07) is 16.5. The maximum atomic E-state index is 6.11. The van der Waals surface area contributed by atoms with Crippen molar-refractivity contribution in [1.82, 2.24) is 10.3 Å². The van der Waals surface area contributed by atoms with Gasteiger partial charge in [0.25, 0.3) is 0 Å². The minimum atomic E-state index is 0.781. The quantitative estimate of drug-likeness (QED) is 0.780. The number of pyridine rings is 1. The average Bonchev–Trinajstić information content (AvgIpc) is 2.50. The summed E-state index contributed by atoms with van der Waals surface area (Å²) in [4.78, 5) is 4.42. The van der Waals surface area contributed by atoms with Crippen molar-refractivity contribution >= 4 is 22.5 Å². The number of aromatic nitrogens is 1. The highest BCUT2D eigenvalue weighted by atomic mass is 35.5. The molecule has 0 amide bonds. The van der Waals surface area contributed by atoms with Crippen molar-refractivity contribution in [2.24, 2.45) is 0 Å². The Bertz CT molecular complexity index is 763. The van der Waals surface area contributed by atoms with Crippen LogP contribution in [0.3, 0.4) is 0 Å². The van der Waals surface area contributed by atoms with Crippen molar-refractivity contribution in [3.63, 3.8) is 0 Å². The Kier molecular flexibility index (Phi) is 4.18. The number of halogens is 1. The molecule has 21 heavy (non-hydrogen) atoms. The van der Waals surface area contributed by atoms with Crippen LogP contribution in [0.2, 0.25) is 5.02 Å². The molecule has 0 spiro atoms. The minimum Gasteiger partial charge on any atom is -0.316 e. The van der Waals surface area contributed by atoms with Gasteiger partial charge in [0.2, 0.25) is 0 Å². The van der Waals surface area contributed by atoms with Crippen LogP contribution < -0.4 is 5.32 Å². The molecule has 0 unspecified atom stereocenters. The van der Waals surface area contributed by atoms with Crippen molar-refractivity contribution in [1.29, 1.82) is 0 Å². The second-order valence-corrected chi connectivity index (χ2v) is 5.54. The molecule has 0 aliphatic carbocycles. The summed E-state index contributed by atoms with van der Waals surface area (Å²) in [5.74, 6) is 0. The fourth-order valence-corrected chi connectivity index (χ4v) is 2.83. The Morgan fingerprint density at radius 1 is 1.00 bits per heavy atom. The van der Waals surface area contributed by atoms with Gasteiger partial charge in [-0.05, 0) is 54.4 Å². The summed E-state index contributed by atoms with van der Waals surface area (Å²) in [6.45, 7) is 0.818. The molecule has 0 radical (unpaired) electrons. The Morgan fingerprint density at radius 3 is 2.71 bits per heavy atom. The molecule has 1 aromatic heterocycles. The van der Waals surface area contributed by atoms with Gasteiger partial charge in [-0.2, -0.15) is 0 Å². The van der Waals surface area contributed by atoms with Gasteiger partial charge in [0.05, 0.1) is 5.52 Å². The van der Waals surface area contributed by atoms with Gasteiger partial charge in [0, 0.05) is 23.2 Å². The minimum absolute atomic E-state index is 0.781. The topological polar surface area (TPSA) is 24.9 Å². The van der Waals surface area contributed by atoms with Gasteiger partial charge < -0.3 is 5.32 Å². The van der Waals surface area contributed by atoms with E-state index >= 15 is 0 Å². The van der Waals surface area contributed by atoms with Gasteiger partial charge in [-0.3, -0.25) is 4.98 Å².